The van der Waals surface area contributed by atoms with E-state index in [1.165, 1.54) is 12.1 Å². The van der Waals surface area contributed by atoms with Crippen LogP contribution in [0.3, 0.4) is 0 Å². The minimum absolute atomic E-state index is 0.00953. The predicted molar refractivity (Wildman–Crippen MR) is 73.3 cm³/mol. The van der Waals surface area contributed by atoms with E-state index in [4.69, 9.17) is 11.6 Å². The normalized spacial score (nSPS) is 10.9. The number of urea groups is 1. The van der Waals surface area contributed by atoms with Crippen LogP contribution in [-0.4, -0.2) is 24.2 Å². The summed E-state index contributed by atoms with van der Waals surface area (Å²) >= 11 is 8.21. The molecule has 10 heteroatoms. The average molecular weight is 390 g/mol. The highest BCUT2D eigenvalue weighted by atomic mass is 79.9. The molecule has 21 heavy (non-hydrogen) atoms. The number of benzene rings is 1. The second kappa shape index (κ2) is 7.51. The van der Waals surface area contributed by atoms with Crippen molar-refractivity contribution in [2.24, 2.45) is 0 Å². The number of carbonyl (C=O) groups excluding carboxylic acids is 2. The zero-order valence-electron chi connectivity index (χ0n) is 10.3. The Morgan fingerprint density at radius 2 is 2.00 bits per heavy atom. The van der Waals surface area contributed by atoms with Gasteiger partial charge in [-0.25, -0.2) is 4.79 Å². The molecule has 0 aromatic heterocycles. The number of amides is 3. The molecule has 0 unspecified atom stereocenters. The van der Waals surface area contributed by atoms with Crippen LogP contribution in [0.4, 0.5) is 23.7 Å². The number of carbonyl (C=O) groups is 2. The van der Waals surface area contributed by atoms with Gasteiger partial charge in [-0.05, 0) is 34.1 Å². The molecule has 0 aliphatic rings. The number of alkyl halides is 4. The van der Waals surface area contributed by atoms with Gasteiger partial charge in [0.1, 0.15) is 5.75 Å². The molecule has 3 amide bonds. The lowest BCUT2D eigenvalue weighted by Crippen LogP contribution is -2.34. The number of halogens is 5. The number of ether oxygens (including phenoxy) is 1. The van der Waals surface area contributed by atoms with Gasteiger partial charge in [0.05, 0.1) is 4.47 Å². The average Bonchev–Trinajstić information content (AvgIpc) is 2.31. The molecule has 0 saturated carbocycles. The lowest BCUT2D eigenvalue weighted by atomic mass is 10.3. The van der Waals surface area contributed by atoms with Crippen molar-refractivity contribution in [3.63, 3.8) is 0 Å². The lowest BCUT2D eigenvalue weighted by molar-refractivity contribution is -0.274. The number of hydrogen-bond acceptors (Lipinski definition) is 3. The Morgan fingerprint density at radius 1 is 1.33 bits per heavy atom. The zero-order chi connectivity index (χ0) is 16.0. The van der Waals surface area contributed by atoms with Crippen molar-refractivity contribution in [2.75, 3.05) is 11.2 Å². The second-order valence-corrected chi connectivity index (χ2v) is 4.87. The van der Waals surface area contributed by atoms with Gasteiger partial charge in [0.2, 0.25) is 5.91 Å². The molecular formula is C11H9BrClF3N2O3. The Hall–Kier alpha value is -1.48. The molecule has 1 aromatic rings. The first-order chi connectivity index (χ1) is 9.71. The fourth-order valence-electron chi connectivity index (χ4n) is 1.22. The second-order valence-electron chi connectivity index (χ2n) is 3.63. The largest absolute Gasteiger partial charge is 0.573 e. The first-order valence-electron chi connectivity index (χ1n) is 5.43. The number of nitrogens with one attached hydrogen (secondary N) is 2. The van der Waals surface area contributed by atoms with E-state index < -0.39 is 24.1 Å². The molecule has 0 fully saturated rings. The van der Waals surface area contributed by atoms with Crippen LogP contribution >= 0.6 is 27.5 Å². The molecule has 0 saturated heterocycles. The van der Waals surface area contributed by atoms with Gasteiger partial charge in [0, 0.05) is 18.0 Å². The molecule has 116 valence electrons. The van der Waals surface area contributed by atoms with Crippen LogP contribution in [-0.2, 0) is 4.79 Å². The van der Waals surface area contributed by atoms with Crippen LogP contribution in [0.5, 0.6) is 5.75 Å². The van der Waals surface area contributed by atoms with Gasteiger partial charge >= 0.3 is 12.4 Å². The number of rotatable bonds is 4. The van der Waals surface area contributed by atoms with Gasteiger partial charge < -0.3 is 10.1 Å². The van der Waals surface area contributed by atoms with Crippen LogP contribution in [0, 0.1) is 0 Å². The number of hydrogen-bond donors (Lipinski definition) is 2. The van der Waals surface area contributed by atoms with Crippen LogP contribution < -0.4 is 15.4 Å². The molecule has 0 aliphatic heterocycles. The van der Waals surface area contributed by atoms with E-state index in [-0.39, 0.29) is 22.5 Å². The van der Waals surface area contributed by atoms with Crippen molar-refractivity contribution in [2.45, 2.75) is 12.8 Å². The van der Waals surface area contributed by atoms with E-state index in [2.05, 4.69) is 26.0 Å². The minimum atomic E-state index is -4.82. The fraction of sp³-hybridized carbons (Fsp3) is 0.273. The third-order valence-electron chi connectivity index (χ3n) is 1.99. The Balaban J connectivity index is 2.67. The number of anilines is 1. The van der Waals surface area contributed by atoms with Crippen molar-refractivity contribution >= 4 is 45.2 Å². The highest BCUT2D eigenvalue weighted by Crippen LogP contribution is 2.32. The topological polar surface area (TPSA) is 67.4 Å². The molecule has 0 radical (unpaired) electrons. The Labute approximate surface area is 130 Å². The summed E-state index contributed by atoms with van der Waals surface area (Å²) in [5.74, 6) is -0.959. The fourth-order valence-corrected chi connectivity index (χ4v) is 1.85. The Bertz CT molecular complexity index is 540. The first-order valence-corrected chi connectivity index (χ1v) is 6.76. The highest BCUT2D eigenvalue weighted by Gasteiger charge is 2.31. The van der Waals surface area contributed by atoms with Crippen LogP contribution in [0.15, 0.2) is 22.7 Å². The van der Waals surface area contributed by atoms with E-state index >= 15 is 0 Å². The van der Waals surface area contributed by atoms with Gasteiger partial charge in [0.25, 0.3) is 0 Å². The van der Waals surface area contributed by atoms with Crippen molar-refractivity contribution in [3.05, 3.63) is 22.7 Å². The summed E-state index contributed by atoms with van der Waals surface area (Å²) in [7, 11) is 0. The molecule has 0 heterocycles. The highest BCUT2D eigenvalue weighted by molar-refractivity contribution is 9.10. The quantitative estimate of drug-likeness (QED) is 0.773. The van der Waals surface area contributed by atoms with Gasteiger partial charge in [-0.1, -0.05) is 0 Å². The Morgan fingerprint density at radius 3 is 2.52 bits per heavy atom. The van der Waals surface area contributed by atoms with Crippen molar-refractivity contribution in [1.29, 1.82) is 0 Å². The van der Waals surface area contributed by atoms with Crippen molar-refractivity contribution < 1.29 is 27.5 Å². The summed E-state index contributed by atoms with van der Waals surface area (Å²) < 4.78 is 40.0. The van der Waals surface area contributed by atoms with Crippen molar-refractivity contribution in [1.82, 2.24) is 5.32 Å². The molecule has 2 N–H and O–H groups in total. The standard InChI is InChI=1S/C11H9BrClF3N2O3/c12-7-5-6(1-2-8(7)21-11(14,15)16)17-10(20)18-9(19)3-4-13/h1-2,5H,3-4H2,(H2,17,18,19,20). The summed E-state index contributed by atoms with van der Waals surface area (Å²) in [5.41, 5.74) is 0.174. The minimum Gasteiger partial charge on any atom is -0.405 e. The third kappa shape index (κ3) is 6.67. The molecule has 1 rings (SSSR count). The molecule has 0 spiro atoms. The maximum atomic E-state index is 12.1. The predicted octanol–water partition coefficient (Wildman–Crippen LogP) is 3.62. The summed E-state index contributed by atoms with van der Waals surface area (Å²) in [5, 5.41) is 4.28. The molecule has 0 atom stereocenters. The maximum absolute atomic E-state index is 12.1. The molecule has 5 nitrogen and oxygen atoms in total. The molecule has 0 bridgehead atoms. The van der Waals surface area contributed by atoms with Crippen LogP contribution in [0.1, 0.15) is 6.42 Å². The third-order valence-corrected chi connectivity index (χ3v) is 2.80. The van der Waals surface area contributed by atoms with Gasteiger partial charge in [-0.3, -0.25) is 10.1 Å². The van der Waals surface area contributed by atoms with Crippen molar-refractivity contribution in [3.8, 4) is 5.75 Å². The van der Waals surface area contributed by atoms with E-state index in [0.717, 1.165) is 6.07 Å². The van der Waals surface area contributed by atoms with E-state index in [0.29, 0.717) is 0 Å². The summed E-state index contributed by atoms with van der Waals surface area (Å²) in [6.07, 6.45) is -4.85. The molecule has 0 aliphatic carbocycles. The summed E-state index contributed by atoms with van der Waals surface area (Å²) in [4.78, 5) is 22.5. The monoisotopic (exact) mass is 388 g/mol. The zero-order valence-corrected chi connectivity index (χ0v) is 12.6. The Kier molecular flexibility index (Phi) is 6.28. The molecular weight excluding hydrogens is 380 g/mol. The summed E-state index contributed by atoms with van der Waals surface area (Å²) in [6, 6.07) is 2.60. The van der Waals surface area contributed by atoms with E-state index in [1.807, 2.05) is 5.32 Å². The number of imide groups is 1. The lowest BCUT2D eigenvalue weighted by Gasteiger charge is -2.12. The molecule has 1 aromatic carbocycles. The van der Waals surface area contributed by atoms with Crippen LogP contribution in [0.25, 0.3) is 0 Å². The van der Waals surface area contributed by atoms with Crippen LogP contribution in [0.2, 0.25) is 0 Å². The van der Waals surface area contributed by atoms with Gasteiger partial charge in [0.15, 0.2) is 0 Å². The summed E-state index contributed by atoms with van der Waals surface area (Å²) in [6.45, 7) is 0. The van der Waals surface area contributed by atoms with Gasteiger partial charge in [-0.2, -0.15) is 0 Å². The van der Waals surface area contributed by atoms with Gasteiger partial charge in [-0.15, -0.1) is 24.8 Å². The maximum Gasteiger partial charge on any atom is 0.573 e. The SMILES string of the molecule is O=C(CCCl)NC(=O)Nc1ccc(OC(F)(F)F)c(Br)c1. The first kappa shape index (κ1) is 17.6. The van der Waals surface area contributed by atoms with E-state index in [1.54, 1.807) is 0 Å². The smallest absolute Gasteiger partial charge is 0.405 e. The van der Waals surface area contributed by atoms with E-state index in [9.17, 15) is 22.8 Å².